The number of unbranched alkanes of at least 4 members (excludes halogenated alkanes) is 6. The number of hydrogen-bond acceptors (Lipinski definition) is 0. The fourth-order valence-corrected chi connectivity index (χ4v) is 2.34. The maximum absolute atomic E-state index is 5.70. The van der Waals surface area contributed by atoms with E-state index in [1.54, 1.807) is 0 Å². The number of hydrogen-bond donors (Lipinski definition) is 0. The van der Waals surface area contributed by atoms with Gasteiger partial charge in [-0.2, -0.15) is 0 Å². The second-order valence-electron chi connectivity index (χ2n) is 3.16. The summed E-state index contributed by atoms with van der Waals surface area (Å²) in [6.45, 7) is 2.26. The predicted octanol–water partition coefficient (Wildman–Crippen LogP) is 4.70. The third-order valence-corrected chi connectivity index (χ3v) is 3.56. The molecule has 0 atom stereocenters. The summed E-state index contributed by atoms with van der Waals surface area (Å²) in [7, 11) is 10.3. The Morgan fingerprint density at radius 1 is 0.923 bits per heavy atom. The first-order valence-corrected chi connectivity index (χ1v) is 10.5. The molecule has 0 aliphatic heterocycles. The fourth-order valence-electron chi connectivity index (χ4n) is 1.23. The van der Waals surface area contributed by atoms with Gasteiger partial charge in [0.1, 0.15) is 0 Å². The van der Waals surface area contributed by atoms with E-state index in [9.17, 15) is 0 Å². The van der Waals surface area contributed by atoms with Crippen LogP contribution in [0.5, 0.6) is 0 Å². The summed E-state index contributed by atoms with van der Waals surface area (Å²) in [5.74, 6) is 0. The van der Waals surface area contributed by atoms with Crippen molar-refractivity contribution in [2.45, 2.75) is 56.4 Å². The molecule has 0 aliphatic carbocycles. The fraction of sp³-hybridized carbons (Fsp3) is 1.00. The summed E-state index contributed by atoms with van der Waals surface area (Å²) in [4.78, 5) is 0. The molecule has 13 heavy (non-hydrogen) atoms. The van der Waals surface area contributed by atoms with Crippen molar-refractivity contribution in [2.75, 3.05) is 0 Å². The van der Waals surface area contributed by atoms with Crippen LogP contribution in [-0.4, -0.2) is 19.3 Å². The van der Waals surface area contributed by atoms with Crippen molar-refractivity contribution in [3.05, 3.63) is 0 Å². The summed E-state index contributed by atoms with van der Waals surface area (Å²) in [6, 6.07) is 0. The van der Waals surface area contributed by atoms with Crippen LogP contribution in [-0.2, 0) is 19.4 Å². The number of rotatable bonds is 8. The molecular formula is C9H19Cl2MgTi. The first kappa shape index (κ1) is 17.5. The first-order valence-electron chi connectivity index (χ1n) is 5.16. The molecule has 0 radical (unpaired) electrons. The minimum absolute atomic E-state index is 0.158. The van der Waals surface area contributed by atoms with E-state index in [-0.39, 0.29) is 19.3 Å². The van der Waals surface area contributed by atoms with Crippen LogP contribution in [0, 0.1) is 0 Å². The van der Waals surface area contributed by atoms with Crippen molar-refractivity contribution < 1.29 is 19.4 Å². The SMILES string of the molecule is CCCCCCCC[CH2][Mg][Cl].[Cl][Ti]. The molecule has 0 nitrogen and oxygen atoms in total. The van der Waals surface area contributed by atoms with Gasteiger partial charge in [-0.05, 0) is 0 Å². The molecule has 0 heterocycles. The second-order valence-corrected chi connectivity index (χ2v) is 5.38. The van der Waals surface area contributed by atoms with Gasteiger partial charge in [0.05, 0.1) is 0 Å². The summed E-state index contributed by atoms with van der Waals surface area (Å²) >= 11 is 1.31. The van der Waals surface area contributed by atoms with Gasteiger partial charge in [0.2, 0.25) is 0 Å². The van der Waals surface area contributed by atoms with E-state index < -0.39 is 0 Å². The van der Waals surface area contributed by atoms with E-state index in [1.165, 1.54) is 68.9 Å². The average Bonchev–Trinajstić information content (AvgIpc) is 2.20. The van der Waals surface area contributed by atoms with E-state index in [4.69, 9.17) is 9.07 Å². The van der Waals surface area contributed by atoms with Gasteiger partial charge in [-0.1, -0.05) is 51.9 Å². The molecule has 0 spiro atoms. The Bertz CT molecular complexity index is 66.6. The third kappa shape index (κ3) is 20.2. The van der Waals surface area contributed by atoms with Crippen LogP contribution in [0.2, 0.25) is 4.55 Å². The first-order chi connectivity index (χ1) is 6.41. The van der Waals surface area contributed by atoms with E-state index >= 15 is 0 Å². The molecule has 0 aromatic heterocycles. The van der Waals surface area contributed by atoms with Crippen molar-refractivity contribution >= 4 is 37.6 Å². The van der Waals surface area contributed by atoms with Crippen LogP contribution in [0.4, 0.5) is 0 Å². The van der Waals surface area contributed by atoms with Crippen molar-refractivity contribution in [3.63, 3.8) is 0 Å². The standard InChI is InChI=1S/C9H19.2ClH.Mg.Ti/c1-3-5-7-9-8-6-4-2;;;;/h1,3-9H2,2H3;2*1H;;/q;;;2*+1/p-2. The van der Waals surface area contributed by atoms with Gasteiger partial charge >= 0.3 is 47.9 Å². The van der Waals surface area contributed by atoms with E-state index in [0.29, 0.717) is 0 Å². The zero-order valence-corrected chi connectivity index (χ0v) is 13.1. The van der Waals surface area contributed by atoms with Gasteiger partial charge in [-0.15, -0.1) is 4.55 Å². The van der Waals surface area contributed by atoms with Gasteiger partial charge < -0.3 is 9.07 Å². The van der Waals surface area contributed by atoms with Crippen LogP contribution in [0.25, 0.3) is 0 Å². The van der Waals surface area contributed by atoms with Gasteiger partial charge in [0.15, 0.2) is 0 Å². The summed E-state index contributed by atoms with van der Waals surface area (Å²) in [5.41, 5.74) is 0. The molecule has 0 rings (SSSR count). The van der Waals surface area contributed by atoms with E-state index in [0.717, 1.165) is 0 Å². The van der Waals surface area contributed by atoms with Crippen LogP contribution in [0.3, 0.4) is 0 Å². The van der Waals surface area contributed by atoms with Crippen molar-refractivity contribution in [3.8, 4) is 0 Å². The molecule has 75 valence electrons. The topological polar surface area (TPSA) is 0 Å². The summed E-state index contributed by atoms with van der Waals surface area (Å²) in [6.07, 6.45) is 9.90. The Balaban J connectivity index is 0. The van der Waals surface area contributed by atoms with Gasteiger partial charge in [-0.3, -0.25) is 0 Å². The monoisotopic (exact) mass is 269 g/mol. The molecule has 0 saturated heterocycles. The Morgan fingerprint density at radius 2 is 1.38 bits per heavy atom. The Hall–Kier alpha value is 2.06. The zero-order chi connectivity index (χ0) is 10.4. The molecule has 0 N–H and O–H groups in total. The molecule has 0 aromatic carbocycles. The van der Waals surface area contributed by atoms with Crippen LogP contribution >= 0.6 is 18.4 Å². The molecule has 0 aliphatic rings. The van der Waals surface area contributed by atoms with Gasteiger partial charge in [0.25, 0.3) is 0 Å². The summed E-state index contributed by atoms with van der Waals surface area (Å²) in [5, 5.41) is 0. The van der Waals surface area contributed by atoms with Crippen molar-refractivity contribution in [1.29, 1.82) is 0 Å². The molecule has 0 aromatic rings. The molecule has 0 amide bonds. The molecular weight excluding hydrogens is 251 g/mol. The molecule has 0 unspecified atom stereocenters. The normalized spacial score (nSPS) is 8.46. The maximum atomic E-state index is 5.70. The van der Waals surface area contributed by atoms with Crippen molar-refractivity contribution in [2.24, 2.45) is 0 Å². The Labute approximate surface area is 112 Å². The van der Waals surface area contributed by atoms with Crippen LogP contribution in [0.15, 0.2) is 0 Å². The average molecular weight is 270 g/mol. The Kier molecular flexibility index (Phi) is 26.3. The molecule has 4 heteroatoms. The van der Waals surface area contributed by atoms with E-state index in [2.05, 4.69) is 16.2 Å². The zero-order valence-electron chi connectivity index (χ0n) is 8.62. The predicted molar refractivity (Wildman–Crippen MR) is 60.3 cm³/mol. The van der Waals surface area contributed by atoms with Crippen molar-refractivity contribution in [1.82, 2.24) is 0 Å². The Morgan fingerprint density at radius 3 is 1.85 bits per heavy atom. The third-order valence-electron chi connectivity index (χ3n) is 1.99. The van der Waals surface area contributed by atoms with Gasteiger partial charge in [-0.25, -0.2) is 0 Å². The van der Waals surface area contributed by atoms with Crippen LogP contribution < -0.4 is 0 Å². The summed E-state index contributed by atoms with van der Waals surface area (Å²) < 4.78 is 1.34. The molecule has 0 bridgehead atoms. The number of halogens is 2. The minimum atomic E-state index is -0.158. The van der Waals surface area contributed by atoms with E-state index in [1.807, 2.05) is 0 Å². The second kappa shape index (κ2) is 19.6. The van der Waals surface area contributed by atoms with Gasteiger partial charge in [0, 0.05) is 0 Å². The quantitative estimate of drug-likeness (QED) is 0.443. The van der Waals surface area contributed by atoms with Crippen LogP contribution in [0.1, 0.15) is 51.9 Å². The molecule has 0 saturated carbocycles. The molecule has 0 fully saturated rings.